The molecule has 1 aliphatic rings. The van der Waals surface area contributed by atoms with Gasteiger partial charge in [-0.2, -0.15) is 9.40 Å². The van der Waals surface area contributed by atoms with E-state index in [0.717, 1.165) is 0 Å². The smallest absolute Gasteiger partial charge is 0.260 e. The lowest BCUT2D eigenvalue weighted by molar-refractivity contribution is 0.283. The van der Waals surface area contributed by atoms with Crippen molar-refractivity contribution in [2.45, 2.75) is 18.0 Å². The Morgan fingerprint density at radius 3 is 3.00 bits per heavy atom. The first kappa shape index (κ1) is 10.6. The molecule has 15 heavy (non-hydrogen) atoms. The first-order chi connectivity index (χ1) is 7.12. The summed E-state index contributed by atoms with van der Waals surface area (Å²) in [6.45, 7) is 3.77. The molecule has 1 aromatic rings. The molecule has 0 bridgehead atoms. The van der Waals surface area contributed by atoms with Crippen molar-refractivity contribution in [1.29, 1.82) is 0 Å². The molecular formula is C8H14N4O2S. The Kier molecular flexibility index (Phi) is 2.76. The lowest BCUT2D eigenvalue weighted by Crippen LogP contribution is -2.52. The van der Waals surface area contributed by atoms with Crippen molar-refractivity contribution >= 4 is 10.0 Å². The van der Waals surface area contributed by atoms with E-state index in [-0.39, 0.29) is 11.1 Å². The van der Waals surface area contributed by atoms with Gasteiger partial charge in [-0.1, -0.05) is 0 Å². The fourth-order valence-corrected chi connectivity index (χ4v) is 3.23. The molecule has 0 saturated carbocycles. The zero-order valence-corrected chi connectivity index (χ0v) is 9.29. The highest BCUT2D eigenvalue weighted by Gasteiger charge is 2.31. The molecule has 0 aliphatic carbocycles. The normalized spacial score (nSPS) is 24.2. The Balaban J connectivity index is 2.29. The Bertz CT molecular complexity index is 414. The van der Waals surface area contributed by atoms with Crippen LogP contribution in [-0.4, -0.2) is 48.6 Å². The van der Waals surface area contributed by atoms with Gasteiger partial charge in [0.2, 0.25) is 0 Å². The van der Waals surface area contributed by atoms with Gasteiger partial charge in [-0.15, -0.1) is 0 Å². The van der Waals surface area contributed by atoms with Gasteiger partial charge >= 0.3 is 0 Å². The molecule has 0 unspecified atom stereocenters. The lowest BCUT2D eigenvalue weighted by Gasteiger charge is -2.32. The van der Waals surface area contributed by atoms with E-state index < -0.39 is 10.0 Å². The third kappa shape index (κ3) is 1.90. The maximum atomic E-state index is 12.1. The fourth-order valence-electron chi connectivity index (χ4n) is 1.69. The predicted molar refractivity (Wildman–Crippen MR) is 54.8 cm³/mol. The van der Waals surface area contributed by atoms with E-state index in [0.29, 0.717) is 19.6 Å². The van der Waals surface area contributed by atoms with Crippen LogP contribution in [0.3, 0.4) is 0 Å². The molecule has 2 N–H and O–H groups in total. The molecule has 6 nitrogen and oxygen atoms in total. The van der Waals surface area contributed by atoms with E-state index in [9.17, 15) is 8.42 Å². The Morgan fingerprint density at radius 2 is 2.40 bits per heavy atom. The first-order valence-electron chi connectivity index (χ1n) is 4.84. The molecule has 1 saturated heterocycles. The number of nitrogens with zero attached hydrogens (tertiary/aromatic N) is 2. The summed E-state index contributed by atoms with van der Waals surface area (Å²) < 4.78 is 25.7. The summed E-state index contributed by atoms with van der Waals surface area (Å²) in [6.07, 6.45) is 1.44. The largest absolute Gasteiger partial charge is 0.314 e. The molecule has 0 aromatic carbocycles. The summed E-state index contributed by atoms with van der Waals surface area (Å²) in [5.41, 5.74) is 0. The van der Waals surface area contributed by atoms with Crippen LogP contribution < -0.4 is 5.32 Å². The SMILES string of the molecule is C[C@H]1CNCCN1S(=O)(=O)c1ccn[nH]1. The molecule has 2 heterocycles. The highest BCUT2D eigenvalue weighted by Crippen LogP contribution is 2.16. The maximum absolute atomic E-state index is 12.1. The van der Waals surface area contributed by atoms with Crippen LogP contribution in [0.1, 0.15) is 6.92 Å². The number of hydrogen-bond acceptors (Lipinski definition) is 4. The third-order valence-corrected chi connectivity index (χ3v) is 4.45. The van der Waals surface area contributed by atoms with E-state index in [4.69, 9.17) is 0 Å². The first-order valence-corrected chi connectivity index (χ1v) is 6.28. The number of hydrogen-bond donors (Lipinski definition) is 2. The van der Waals surface area contributed by atoms with Crippen LogP contribution in [0.25, 0.3) is 0 Å². The van der Waals surface area contributed by atoms with Crippen LogP contribution in [0.5, 0.6) is 0 Å². The van der Waals surface area contributed by atoms with Gasteiger partial charge in [-0.05, 0) is 13.0 Å². The van der Waals surface area contributed by atoms with Crippen LogP contribution in [0.4, 0.5) is 0 Å². The molecule has 0 amide bonds. The van der Waals surface area contributed by atoms with Crippen LogP contribution in [0.2, 0.25) is 0 Å². The number of nitrogens with one attached hydrogen (secondary N) is 2. The Morgan fingerprint density at radius 1 is 1.60 bits per heavy atom. The predicted octanol–water partition coefficient (Wildman–Crippen LogP) is -0.608. The second-order valence-electron chi connectivity index (χ2n) is 3.59. The molecule has 0 radical (unpaired) electrons. The standard InChI is InChI=1S/C8H14N4O2S/c1-7-6-9-4-5-12(7)15(13,14)8-2-3-10-11-8/h2-3,7,9H,4-6H2,1H3,(H,10,11)/t7-/m0/s1. The van der Waals surface area contributed by atoms with Gasteiger partial charge in [0.15, 0.2) is 5.03 Å². The van der Waals surface area contributed by atoms with E-state index in [1.165, 1.54) is 16.6 Å². The van der Waals surface area contributed by atoms with Crippen molar-refractivity contribution in [2.75, 3.05) is 19.6 Å². The van der Waals surface area contributed by atoms with Gasteiger partial charge in [-0.25, -0.2) is 8.42 Å². The maximum Gasteiger partial charge on any atom is 0.260 e. The fraction of sp³-hybridized carbons (Fsp3) is 0.625. The second kappa shape index (κ2) is 3.92. The summed E-state index contributed by atoms with van der Waals surface area (Å²) in [5, 5.41) is 9.47. The van der Waals surface area contributed by atoms with Gasteiger partial charge in [-0.3, -0.25) is 5.10 Å². The Hall–Kier alpha value is -0.920. The van der Waals surface area contributed by atoms with Crippen LogP contribution in [0, 0.1) is 0 Å². The van der Waals surface area contributed by atoms with Crippen LogP contribution in [0.15, 0.2) is 17.3 Å². The van der Waals surface area contributed by atoms with Crippen molar-refractivity contribution in [3.05, 3.63) is 12.3 Å². The number of sulfonamides is 1. The number of H-pyrrole nitrogens is 1. The van der Waals surface area contributed by atoms with E-state index in [1.807, 2.05) is 6.92 Å². The number of aromatic amines is 1. The number of piperazine rings is 1. The lowest BCUT2D eigenvalue weighted by atomic mass is 10.3. The van der Waals surface area contributed by atoms with Crippen molar-refractivity contribution < 1.29 is 8.42 Å². The quantitative estimate of drug-likeness (QED) is 0.710. The number of aromatic nitrogens is 2. The Labute approximate surface area is 88.7 Å². The van der Waals surface area contributed by atoms with Crippen molar-refractivity contribution in [3.63, 3.8) is 0 Å². The zero-order chi connectivity index (χ0) is 10.9. The average molecular weight is 230 g/mol. The third-order valence-electron chi connectivity index (χ3n) is 2.50. The topological polar surface area (TPSA) is 78.1 Å². The minimum atomic E-state index is -3.39. The molecule has 2 rings (SSSR count). The van der Waals surface area contributed by atoms with Crippen molar-refractivity contribution in [2.24, 2.45) is 0 Å². The molecule has 84 valence electrons. The minimum absolute atomic E-state index is 0.0213. The monoisotopic (exact) mass is 230 g/mol. The van der Waals surface area contributed by atoms with Crippen LogP contribution in [-0.2, 0) is 10.0 Å². The van der Waals surface area contributed by atoms with E-state index in [1.54, 1.807) is 0 Å². The summed E-state index contributed by atoms with van der Waals surface area (Å²) >= 11 is 0. The van der Waals surface area contributed by atoms with Gasteiger partial charge in [0.25, 0.3) is 10.0 Å². The average Bonchev–Trinajstić information content (AvgIpc) is 2.71. The minimum Gasteiger partial charge on any atom is -0.314 e. The molecular weight excluding hydrogens is 216 g/mol. The van der Waals surface area contributed by atoms with Crippen LogP contribution >= 0.6 is 0 Å². The highest BCUT2D eigenvalue weighted by atomic mass is 32.2. The van der Waals surface area contributed by atoms with Crippen molar-refractivity contribution in [3.8, 4) is 0 Å². The molecule has 1 aliphatic heterocycles. The molecule has 1 fully saturated rings. The summed E-state index contributed by atoms with van der Waals surface area (Å²) in [4.78, 5) is 0. The highest BCUT2D eigenvalue weighted by molar-refractivity contribution is 7.89. The molecule has 0 spiro atoms. The summed E-state index contributed by atoms with van der Waals surface area (Å²) in [7, 11) is -3.39. The number of rotatable bonds is 2. The summed E-state index contributed by atoms with van der Waals surface area (Å²) in [5.74, 6) is 0. The summed E-state index contributed by atoms with van der Waals surface area (Å²) in [6, 6.07) is 1.46. The van der Waals surface area contributed by atoms with Gasteiger partial charge < -0.3 is 5.32 Å². The van der Waals surface area contributed by atoms with Gasteiger partial charge in [0.05, 0.1) is 6.20 Å². The van der Waals surface area contributed by atoms with Crippen molar-refractivity contribution in [1.82, 2.24) is 19.8 Å². The zero-order valence-electron chi connectivity index (χ0n) is 8.47. The molecule has 7 heteroatoms. The van der Waals surface area contributed by atoms with Gasteiger partial charge in [0.1, 0.15) is 0 Å². The van der Waals surface area contributed by atoms with E-state index in [2.05, 4.69) is 15.5 Å². The van der Waals surface area contributed by atoms with Gasteiger partial charge in [0, 0.05) is 25.7 Å². The van der Waals surface area contributed by atoms with E-state index >= 15 is 0 Å². The molecule has 1 aromatic heterocycles. The molecule has 1 atom stereocenters. The second-order valence-corrected chi connectivity index (χ2v) is 5.45.